The number of ether oxygens (including phenoxy) is 1. The maximum Gasteiger partial charge on any atom is 0.255 e. The van der Waals surface area contributed by atoms with Gasteiger partial charge in [0.2, 0.25) is 5.95 Å². The monoisotopic (exact) mass is 377 g/mol. The number of benzene rings is 1. The first-order valence-corrected chi connectivity index (χ1v) is 9.25. The van der Waals surface area contributed by atoms with Crippen LogP contribution in [0.15, 0.2) is 59.8 Å². The maximum absolute atomic E-state index is 12.6. The molecule has 0 radical (unpaired) electrons. The molecule has 0 aliphatic carbocycles. The topological polar surface area (TPSA) is 73.1 Å². The van der Waals surface area contributed by atoms with Crippen LogP contribution >= 0.6 is 0 Å². The van der Waals surface area contributed by atoms with Gasteiger partial charge in [-0.05, 0) is 25.5 Å². The summed E-state index contributed by atoms with van der Waals surface area (Å²) in [4.78, 5) is 27.7. The van der Waals surface area contributed by atoms with Crippen LogP contribution in [0, 0.1) is 0 Å². The summed E-state index contributed by atoms with van der Waals surface area (Å²) in [7, 11) is 1.74. The van der Waals surface area contributed by atoms with Gasteiger partial charge in [-0.15, -0.1) is 0 Å². The molecule has 0 spiro atoms. The molecule has 144 valence electrons. The minimum absolute atomic E-state index is 0.107. The number of aromatic nitrogens is 4. The molecule has 3 heterocycles. The second-order valence-corrected chi connectivity index (χ2v) is 7.59. The van der Waals surface area contributed by atoms with Crippen molar-refractivity contribution < 1.29 is 4.74 Å². The maximum atomic E-state index is 12.6. The fourth-order valence-corrected chi connectivity index (χ4v) is 3.56. The van der Waals surface area contributed by atoms with Crippen molar-refractivity contribution in [3.05, 3.63) is 70.9 Å². The molecule has 1 unspecified atom stereocenters. The van der Waals surface area contributed by atoms with Gasteiger partial charge in [0.05, 0.1) is 23.5 Å². The predicted octanol–water partition coefficient (Wildman–Crippen LogP) is 2.59. The van der Waals surface area contributed by atoms with Crippen LogP contribution in [0.2, 0.25) is 0 Å². The van der Waals surface area contributed by atoms with E-state index in [0.29, 0.717) is 30.4 Å². The first-order chi connectivity index (χ1) is 13.4. The van der Waals surface area contributed by atoms with E-state index in [9.17, 15) is 4.79 Å². The van der Waals surface area contributed by atoms with E-state index in [2.05, 4.69) is 40.8 Å². The fourth-order valence-electron chi connectivity index (χ4n) is 3.56. The Balaban J connectivity index is 1.75. The SMILES string of the molecule is Cn1c(N2CC(c3ccccc3)OC(C)(C)C2)nc(-c2ccncn2)cc1=O. The van der Waals surface area contributed by atoms with Crippen LogP contribution in [-0.4, -0.2) is 38.2 Å². The summed E-state index contributed by atoms with van der Waals surface area (Å²) in [5, 5.41) is 0. The molecule has 0 N–H and O–H groups in total. The number of morpholine rings is 1. The van der Waals surface area contributed by atoms with Crippen molar-refractivity contribution in [1.29, 1.82) is 0 Å². The van der Waals surface area contributed by atoms with Crippen LogP contribution in [0.4, 0.5) is 5.95 Å². The Kier molecular flexibility index (Phi) is 4.68. The lowest BCUT2D eigenvalue weighted by Gasteiger charge is -2.43. The summed E-state index contributed by atoms with van der Waals surface area (Å²) in [6.45, 7) is 5.35. The van der Waals surface area contributed by atoms with Crippen molar-refractivity contribution in [1.82, 2.24) is 19.5 Å². The highest BCUT2D eigenvalue weighted by Crippen LogP contribution is 2.32. The third kappa shape index (κ3) is 3.66. The van der Waals surface area contributed by atoms with E-state index in [1.165, 1.54) is 12.4 Å². The number of hydrogen-bond donors (Lipinski definition) is 0. The van der Waals surface area contributed by atoms with Crippen LogP contribution in [0.5, 0.6) is 0 Å². The Hall–Kier alpha value is -3.06. The van der Waals surface area contributed by atoms with Gasteiger partial charge in [0.15, 0.2) is 0 Å². The van der Waals surface area contributed by atoms with E-state index in [4.69, 9.17) is 9.72 Å². The zero-order valence-electron chi connectivity index (χ0n) is 16.2. The molecular weight excluding hydrogens is 354 g/mol. The van der Waals surface area contributed by atoms with Gasteiger partial charge in [-0.25, -0.2) is 15.0 Å². The summed E-state index contributed by atoms with van der Waals surface area (Å²) in [5.41, 5.74) is 1.76. The Morgan fingerprint density at radius 2 is 1.93 bits per heavy atom. The van der Waals surface area contributed by atoms with Crippen LogP contribution in [-0.2, 0) is 11.8 Å². The van der Waals surface area contributed by atoms with E-state index >= 15 is 0 Å². The Labute approximate surface area is 163 Å². The summed E-state index contributed by atoms with van der Waals surface area (Å²) < 4.78 is 7.90. The fraction of sp³-hybridized carbons (Fsp3) is 0.333. The van der Waals surface area contributed by atoms with Crippen molar-refractivity contribution in [2.24, 2.45) is 7.05 Å². The summed E-state index contributed by atoms with van der Waals surface area (Å²) in [5.74, 6) is 0.610. The minimum atomic E-state index is -0.387. The molecule has 4 rings (SSSR count). The first-order valence-electron chi connectivity index (χ1n) is 9.25. The predicted molar refractivity (Wildman–Crippen MR) is 107 cm³/mol. The lowest BCUT2D eigenvalue weighted by atomic mass is 10.0. The molecule has 3 aromatic rings. The van der Waals surface area contributed by atoms with E-state index < -0.39 is 0 Å². The molecule has 1 aliphatic rings. The van der Waals surface area contributed by atoms with Gasteiger partial charge in [0.1, 0.15) is 12.4 Å². The number of rotatable bonds is 3. The van der Waals surface area contributed by atoms with Crippen molar-refractivity contribution in [2.75, 3.05) is 18.0 Å². The molecule has 1 aliphatic heterocycles. The van der Waals surface area contributed by atoms with Gasteiger partial charge in [-0.3, -0.25) is 9.36 Å². The smallest absolute Gasteiger partial charge is 0.255 e. The molecular formula is C21H23N5O2. The molecule has 1 aromatic carbocycles. The second kappa shape index (κ2) is 7.16. The highest BCUT2D eigenvalue weighted by molar-refractivity contribution is 5.55. The van der Waals surface area contributed by atoms with Gasteiger partial charge in [-0.1, -0.05) is 30.3 Å². The Morgan fingerprint density at radius 3 is 2.64 bits per heavy atom. The zero-order chi connectivity index (χ0) is 19.7. The summed E-state index contributed by atoms with van der Waals surface area (Å²) >= 11 is 0. The largest absolute Gasteiger partial charge is 0.364 e. The molecule has 28 heavy (non-hydrogen) atoms. The lowest BCUT2D eigenvalue weighted by Crippen LogP contribution is -2.51. The average molecular weight is 377 g/mol. The Morgan fingerprint density at radius 1 is 1.14 bits per heavy atom. The molecule has 1 atom stereocenters. The third-order valence-electron chi connectivity index (χ3n) is 4.83. The highest BCUT2D eigenvalue weighted by atomic mass is 16.5. The molecule has 1 fully saturated rings. The van der Waals surface area contributed by atoms with Gasteiger partial charge in [-0.2, -0.15) is 0 Å². The van der Waals surface area contributed by atoms with Crippen molar-refractivity contribution in [3.63, 3.8) is 0 Å². The van der Waals surface area contributed by atoms with Gasteiger partial charge >= 0.3 is 0 Å². The number of anilines is 1. The van der Waals surface area contributed by atoms with Crippen LogP contribution in [0.25, 0.3) is 11.4 Å². The summed E-state index contributed by atoms with van der Waals surface area (Å²) in [6.07, 6.45) is 2.99. The van der Waals surface area contributed by atoms with E-state index in [-0.39, 0.29) is 17.3 Å². The molecule has 2 aromatic heterocycles. The van der Waals surface area contributed by atoms with Crippen molar-refractivity contribution in [3.8, 4) is 11.4 Å². The van der Waals surface area contributed by atoms with E-state index in [1.54, 1.807) is 23.9 Å². The van der Waals surface area contributed by atoms with Gasteiger partial charge in [0.25, 0.3) is 5.56 Å². The van der Waals surface area contributed by atoms with E-state index in [0.717, 1.165) is 5.56 Å². The number of hydrogen-bond acceptors (Lipinski definition) is 6. The zero-order valence-corrected chi connectivity index (χ0v) is 16.2. The highest BCUT2D eigenvalue weighted by Gasteiger charge is 2.35. The molecule has 1 saturated heterocycles. The van der Waals surface area contributed by atoms with Crippen LogP contribution < -0.4 is 10.5 Å². The molecule has 7 nitrogen and oxygen atoms in total. The average Bonchev–Trinajstić information content (AvgIpc) is 2.70. The van der Waals surface area contributed by atoms with Gasteiger partial charge < -0.3 is 9.64 Å². The van der Waals surface area contributed by atoms with E-state index in [1.807, 2.05) is 18.2 Å². The first kappa shape index (κ1) is 18.3. The second-order valence-electron chi connectivity index (χ2n) is 7.59. The van der Waals surface area contributed by atoms with Gasteiger partial charge in [0, 0.05) is 25.9 Å². The molecule has 7 heteroatoms. The van der Waals surface area contributed by atoms with Crippen LogP contribution in [0.1, 0.15) is 25.5 Å². The van der Waals surface area contributed by atoms with Crippen LogP contribution in [0.3, 0.4) is 0 Å². The molecule has 0 amide bonds. The quantitative estimate of drug-likeness (QED) is 0.699. The van der Waals surface area contributed by atoms with Crippen molar-refractivity contribution in [2.45, 2.75) is 25.6 Å². The molecule has 0 saturated carbocycles. The minimum Gasteiger partial charge on any atom is -0.364 e. The third-order valence-corrected chi connectivity index (χ3v) is 4.83. The number of nitrogens with zero attached hydrogens (tertiary/aromatic N) is 5. The standard InChI is InChI=1S/C21H23N5O2/c1-21(2)13-26(12-18(28-21)15-7-5-4-6-8-15)20-24-17(11-19(27)25(20)3)16-9-10-22-14-23-16/h4-11,14,18H,12-13H2,1-3H3. The summed E-state index contributed by atoms with van der Waals surface area (Å²) in [6, 6.07) is 13.4. The lowest BCUT2D eigenvalue weighted by molar-refractivity contribution is -0.0860. The Bertz CT molecular complexity index is 1020. The normalized spacial score (nSPS) is 18.8. The van der Waals surface area contributed by atoms with Crippen molar-refractivity contribution >= 4 is 5.95 Å². The molecule has 0 bridgehead atoms.